The van der Waals surface area contributed by atoms with Crippen molar-refractivity contribution in [1.82, 2.24) is 0 Å². The van der Waals surface area contributed by atoms with Crippen LogP contribution in [0.2, 0.25) is 0 Å². The summed E-state index contributed by atoms with van der Waals surface area (Å²) in [4.78, 5) is 10.2. The van der Waals surface area contributed by atoms with Gasteiger partial charge in [0.15, 0.2) is 0 Å². The van der Waals surface area contributed by atoms with Gasteiger partial charge in [0, 0.05) is 0 Å². The maximum Gasteiger partial charge on any atom is 0.137 e. The van der Waals surface area contributed by atoms with E-state index in [-0.39, 0.29) is 5.75 Å². The Morgan fingerprint density at radius 2 is 2.00 bits per heavy atom. The number of carbonyl (C=O) groups is 1. The molecule has 1 rings (SSSR count). The predicted octanol–water partition coefficient (Wildman–Crippen LogP) is 0.461. The maximum absolute atomic E-state index is 10.2. The molecule has 0 aliphatic rings. The Hall–Kier alpha value is -1.35. The van der Waals surface area contributed by atoms with Crippen LogP contribution in [0.5, 0.6) is 5.75 Å². The smallest absolute Gasteiger partial charge is 0.137 e. The van der Waals surface area contributed by atoms with Crippen molar-refractivity contribution in [3.05, 3.63) is 29.8 Å². The topological polar surface area (TPSA) is 63.3 Å². The van der Waals surface area contributed by atoms with Crippen LogP contribution in [0, 0.1) is 0 Å². The number of phenols is 1. The Kier molecular flexibility index (Phi) is 2.82. The lowest BCUT2D eigenvalue weighted by atomic mass is 10.1. The second-order valence-corrected chi connectivity index (χ2v) is 2.67. The number of phenolic OH excluding ortho intramolecular Hbond substituents is 1. The first-order valence-corrected chi connectivity index (χ1v) is 3.71. The number of aromatic hydroxyl groups is 1. The van der Waals surface area contributed by atoms with E-state index in [1.54, 1.807) is 24.3 Å². The molecule has 1 atom stereocenters. The molecular formula is C9H11NO2. The van der Waals surface area contributed by atoms with Gasteiger partial charge in [-0.25, -0.2) is 0 Å². The van der Waals surface area contributed by atoms with Crippen LogP contribution in [-0.4, -0.2) is 17.4 Å². The van der Waals surface area contributed by atoms with Crippen molar-refractivity contribution in [3.8, 4) is 5.75 Å². The highest BCUT2D eigenvalue weighted by atomic mass is 16.3. The van der Waals surface area contributed by atoms with E-state index < -0.39 is 6.04 Å². The molecule has 0 saturated heterocycles. The molecule has 1 aromatic rings. The molecule has 0 amide bonds. The van der Waals surface area contributed by atoms with Crippen molar-refractivity contribution in [2.45, 2.75) is 12.5 Å². The van der Waals surface area contributed by atoms with Gasteiger partial charge in [-0.05, 0) is 24.1 Å². The summed E-state index contributed by atoms with van der Waals surface area (Å²) in [6, 6.07) is 6.20. The second-order valence-electron chi connectivity index (χ2n) is 2.67. The summed E-state index contributed by atoms with van der Waals surface area (Å²) in [5.74, 6) is 0.221. The van der Waals surface area contributed by atoms with Crippen LogP contribution in [0.15, 0.2) is 24.3 Å². The average Bonchev–Trinajstić information content (AvgIpc) is 2.09. The van der Waals surface area contributed by atoms with Gasteiger partial charge < -0.3 is 15.6 Å². The zero-order chi connectivity index (χ0) is 8.97. The molecule has 0 bridgehead atoms. The standard InChI is InChI=1S/C9H11NO2/c10-8(6-11)5-7-1-3-9(12)4-2-7/h1-4,6,8,12H,5,10H2/t8-/m1/s1. The predicted molar refractivity (Wildman–Crippen MR) is 45.9 cm³/mol. The number of hydrogen-bond donors (Lipinski definition) is 2. The van der Waals surface area contributed by atoms with E-state index in [1.165, 1.54) is 0 Å². The minimum absolute atomic E-state index is 0.221. The Morgan fingerprint density at radius 3 is 2.50 bits per heavy atom. The first-order valence-electron chi connectivity index (χ1n) is 3.71. The lowest BCUT2D eigenvalue weighted by Gasteiger charge is -2.03. The van der Waals surface area contributed by atoms with Gasteiger partial charge in [-0.1, -0.05) is 12.1 Å². The highest BCUT2D eigenvalue weighted by Gasteiger charge is 2.00. The van der Waals surface area contributed by atoms with Gasteiger partial charge in [0.1, 0.15) is 12.0 Å². The number of carbonyl (C=O) groups excluding carboxylic acids is 1. The SMILES string of the molecule is N[C@@H](C=O)Cc1ccc(O)cc1. The number of rotatable bonds is 3. The molecule has 0 aliphatic heterocycles. The third-order valence-corrected chi connectivity index (χ3v) is 1.58. The Bertz CT molecular complexity index is 256. The van der Waals surface area contributed by atoms with Crippen LogP contribution in [-0.2, 0) is 11.2 Å². The molecule has 3 N–H and O–H groups in total. The minimum Gasteiger partial charge on any atom is -0.508 e. The van der Waals surface area contributed by atoms with E-state index >= 15 is 0 Å². The number of aldehydes is 1. The van der Waals surface area contributed by atoms with E-state index in [1.807, 2.05) is 0 Å². The highest BCUT2D eigenvalue weighted by Crippen LogP contribution is 2.10. The Labute approximate surface area is 70.8 Å². The molecule has 0 aliphatic carbocycles. The fourth-order valence-corrected chi connectivity index (χ4v) is 0.952. The summed E-state index contributed by atoms with van der Waals surface area (Å²) < 4.78 is 0. The quantitative estimate of drug-likeness (QED) is 0.639. The van der Waals surface area contributed by atoms with Gasteiger partial charge in [-0.15, -0.1) is 0 Å². The van der Waals surface area contributed by atoms with Crippen LogP contribution >= 0.6 is 0 Å². The number of benzene rings is 1. The highest BCUT2D eigenvalue weighted by molar-refractivity contribution is 5.57. The molecule has 3 nitrogen and oxygen atoms in total. The van der Waals surface area contributed by atoms with E-state index in [2.05, 4.69) is 0 Å². The third kappa shape index (κ3) is 2.36. The monoisotopic (exact) mass is 165 g/mol. The van der Waals surface area contributed by atoms with Crippen molar-refractivity contribution in [1.29, 1.82) is 0 Å². The molecular weight excluding hydrogens is 154 g/mol. The largest absolute Gasteiger partial charge is 0.508 e. The summed E-state index contributed by atoms with van der Waals surface area (Å²) in [5, 5.41) is 8.95. The van der Waals surface area contributed by atoms with Crippen LogP contribution in [0.25, 0.3) is 0 Å². The van der Waals surface area contributed by atoms with Crippen molar-refractivity contribution >= 4 is 6.29 Å². The van der Waals surface area contributed by atoms with Crippen LogP contribution < -0.4 is 5.73 Å². The minimum atomic E-state index is -0.449. The fourth-order valence-electron chi connectivity index (χ4n) is 0.952. The molecule has 0 fully saturated rings. The number of nitrogens with two attached hydrogens (primary N) is 1. The Balaban J connectivity index is 2.64. The Morgan fingerprint density at radius 1 is 1.42 bits per heavy atom. The lowest BCUT2D eigenvalue weighted by molar-refractivity contribution is -0.108. The van der Waals surface area contributed by atoms with Crippen LogP contribution in [0.3, 0.4) is 0 Å². The maximum atomic E-state index is 10.2. The molecule has 64 valence electrons. The van der Waals surface area contributed by atoms with Crippen molar-refractivity contribution in [2.24, 2.45) is 5.73 Å². The molecule has 12 heavy (non-hydrogen) atoms. The van der Waals surface area contributed by atoms with Gasteiger partial charge >= 0.3 is 0 Å². The molecule has 1 aromatic carbocycles. The summed E-state index contributed by atoms with van der Waals surface area (Å²) in [7, 11) is 0. The normalized spacial score (nSPS) is 12.4. The summed E-state index contributed by atoms with van der Waals surface area (Å²) in [6.45, 7) is 0. The summed E-state index contributed by atoms with van der Waals surface area (Å²) >= 11 is 0. The molecule has 0 unspecified atom stereocenters. The molecule has 0 saturated carbocycles. The first-order chi connectivity index (χ1) is 5.72. The average molecular weight is 165 g/mol. The van der Waals surface area contributed by atoms with E-state index in [4.69, 9.17) is 10.8 Å². The van der Waals surface area contributed by atoms with Gasteiger partial charge in [0.25, 0.3) is 0 Å². The van der Waals surface area contributed by atoms with Crippen molar-refractivity contribution in [2.75, 3.05) is 0 Å². The van der Waals surface area contributed by atoms with Gasteiger partial charge in [0.2, 0.25) is 0 Å². The van der Waals surface area contributed by atoms with E-state index in [0.29, 0.717) is 12.7 Å². The number of hydrogen-bond acceptors (Lipinski definition) is 3. The molecule has 0 radical (unpaired) electrons. The van der Waals surface area contributed by atoms with Crippen molar-refractivity contribution < 1.29 is 9.90 Å². The molecule has 0 spiro atoms. The second kappa shape index (κ2) is 3.88. The lowest BCUT2D eigenvalue weighted by Crippen LogP contribution is -2.23. The van der Waals surface area contributed by atoms with Crippen LogP contribution in [0.1, 0.15) is 5.56 Å². The van der Waals surface area contributed by atoms with Gasteiger partial charge in [-0.2, -0.15) is 0 Å². The summed E-state index contributed by atoms with van der Waals surface area (Å²) in [6.07, 6.45) is 1.23. The first kappa shape index (κ1) is 8.74. The zero-order valence-corrected chi connectivity index (χ0v) is 6.60. The van der Waals surface area contributed by atoms with Crippen molar-refractivity contribution in [3.63, 3.8) is 0 Å². The molecule has 3 heteroatoms. The zero-order valence-electron chi connectivity index (χ0n) is 6.60. The fraction of sp³-hybridized carbons (Fsp3) is 0.222. The molecule has 0 heterocycles. The molecule has 0 aromatic heterocycles. The van der Waals surface area contributed by atoms with Gasteiger partial charge in [-0.3, -0.25) is 0 Å². The van der Waals surface area contributed by atoms with Crippen LogP contribution in [0.4, 0.5) is 0 Å². The van der Waals surface area contributed by atoms with E-state index in [9.17, 15) is 4.79 Å². The van der Waals surface area contributed by atoms with E-state index in [0.717, 1.165) is 5.56 Å². The van der Waals surface area contributed by atoms with Gasteiger partial charge in [0.05, 0.1) is 6.04 Å². The summed E-state index contributed by atoms with van der Waals surface area (Å²) in [5.41, 5.74) is 6.36. The third-order valence-electron chi connectivity index (χ3n) is 1.58.